The highest BCUT2D eigenvalue weighted by atomic mass is 16.5. The summed E-state index contributed by atoms with van der Waals surface area (Å²) in [5.41, 5.74) is -1.41. The minimum absolute atomic E-state index is 0.372. The number of ether oxygens (including phenoxy) is 1. The number of esters is 1. The molecule has 1 atom stereocenters. The van der Waals surface area contributed by atoms with E-state index in [1.165, 1.54) is 32.8 Å². The lowest BCUT2D eigenvalue weighted by atomic mass is 10.0. The number of carbonyl (C=O) groups is 1. The summed E-state index contributed by atoms with van der Waals surface area (Å²) in [7, 11) is 1.32. The van der Waals surface area contributed by atoms with Crippen molar-refractivity contribution in [3.63, 3.8) is 0 Å². The molecule has 1 rings (SSSR count). The van der Waals surface area contributed by atoms with Crippen molar-refractivity contribution in [2.75, 3.05) is 20.2 Å². The van der Waals surface area contributed by atoms with Crippen molar-refractivity contribution in [1.29, 1.82) is 0 Å². The molecule has 4 nitrogen and oxygen atoms in total. The van der Waals surface area contributed by atoms with Gasteiger partial charge in [0.15, 0.2) is 5.60 Å². The van der Waals surface area contributed by atoms with E-state index in [1.807, 2.05) is 0 Å². The molecule has 1 fully saturated rings. The van der Waals surface area contributed by atoms with Gasteiger partial charge in [-0.05, 0) is 38.6 Å². The Kier molecular flexibility index (Phi) is 6.27. The first kappa shape index (κ1) is 16.4. The average Bonchev–Trinajstić information content (AvgIpc) is 2.86. The Balaban J connectivity index is 2.64. The van der Waals surface area contributed by atoms with Crippen LogP contribution >= 0.6 is 0 Å². The van der Waals surface area contributed by atoms with Crippen LogP contribution in [0.3, 0.4) is 0 Å². The number of hydrogen-bond donors (Lipinski definition) is 1. The highest BCUT2D eigenvalue weighted by Gasteiger charge is 2.36. The molecule has 4 heteroatoms. The van der Waals surface area contributed by atoms with Crippen molar-refractivity contribution < 1.29 is 14.6 Å². The maximum Gasteiger partial charge on any atom is 0.338 e. The van der Waals surface area contributed by atoms with E-state index in [-0.39, 0.29) is 0 Å². The summed E-state index contributed by atoms with van der Waals surface area (Å²) >= 11 is 0. The van der Waals surface area contributed by atoms with Gasteiger partial charge >= 0.3 is 5.97 Å². The molecule has 1 saturated carbocycles. The standard InChI is InChI=1S/C15H29NO3/c1-12(2)9-10-16(13-7-5-6-8-13)11-15(3,18)14(17)19-4/h12-13,18H,5-11H2,1-4H3. The molecule has 0 aliphatic heterocycles. The molecule has 1 aliphatic rings. The molecule has 1 N–H and O–H groups in total. The van der Waals surface area contributed by atoms with E-state index < -0.39 is 11.6 Å². The van der Waals surface area contributed by atoms with E-state index in [0.29, 0.717) is 18.5 Å². The van der Waals surface area contributed by atoms with Crippen LogP contribution in [-0.4, -0.2) is 47.8 Å². The summed E-state index contributed by atoms with van der Waals surface area (Å²) in [6.07, 6.45) is 5.95. The predicted molar refractivity (Wildman–Crippen MR) is 75.9 cm³/mol. The van der Waals surface area contributed by atoms with Crippen LogP contribution in [0.5, 0.6) is 0 Å². The van der Waals surface area contributed by atoms with Gasteiger partial charge in [-0.1, -0.05) is 26.7 Å². The number of hydrogen-bond acceptors (Lipinski definition) is 4. The Bertz CT molecular complexity index is 283. The van der Waals surface area contributed by atoms with Crippen LogP contribution < -0.4 is 0 Å². The van der Waals surface area contributed by atoms with E-state index in [1.54, 1.807) is 6.92 Å². The van der Waals surface area contributed by atoms with E-state index in [4.69, 9.17) is 0 Å². The molecule has 0 saturated heterocycles. The van der Waals surface area contributed by atoms with Gasteiger partial charge in [-0.3, -0.25) is 4.90 Å². The van der Waals surface area contributed by atoms with Gasteiger partial charge in [-0.25, -0.2) is 4.79 Å². The van der Waals surface area contributed by atoms with Crippen molar-refractivity contribution in [3.05, 3.63) is 0 Å². The van der Waals surface area contributed by atoms with Crippen LogP contribution in [0.2, 0.25) is 0 Å². The molecule has 0 radical (unpaired) electrons. The summed E-state index contributed by atoms with van der Waals surface area (Å²) in [5, 5.41) is 10.3. The highest BCUT2D eigenvalue weighted by molar-refractivity contribution is 5.78. The SMILES string of the molecule is COC(=O)C(C)(O)CN(CCC(C)C)C1CCCC1. The van der Waals surface area contributed by atoms with E-state index >= 15 is 0 Å². The van der Waals surface area contributed by atoms with E-state index in [2.05, 4.69) is 23.5 Å². The maximum atomic E-state index is 11.6. The summed E-state index contributed by atoms with van der Waals surface area (Å²) in [6.45, 7) is 7.26. The zero-order chi connectivity index (χ0) is 14.5. The van der Waals surface area contributed by atoms with Crippen molar-refractivity contribution in [2.45, 2.75) is 64.5 Å². The van der Waals surface area contributed by atoms with Crippen molar-refractivity contribution in [1.82, 2.24) is 4.90 Å². The van der Waals surface area contributed by atoms with Gasteiger partial charge < -0.3 is 9.84 Å². The van der Waals surface area contributed by atoms with Crippen LogP contribution in [0.4, 0.5) is 0 Å². The third-order valence-corrected chi connectivity index (χ3v) is 3.97. The van der Waals surface area contributed by atoms with Crippen LogP contribution in [-0.2, 0) is 9.53 Å². The van der Waals surface area contributed by atoms with E-state index in [9.17, 15) is 9.90 Å². The number of nitrogens with zero attached hydrogens (tertiary/aromatic N) is 1. The quantitative estimate of drug-likeness (QED) is 0.721. The van der Waals surface area contributed by atoms with Crippen LogP contribution in [0.25, 0.3) is 0 Å². The summed E-state index contributed by atoms with van der Waals surface area (Å²) < 4.78 is 4.69. The first-order chi connectivity index (χ1) is 8.86. The Hall–Kier alpha value is -0.610. The largest absolute Gasteiger partial charge is 0.467 e. The average molecular weight is 271 g/mol. The fourth-order valence-electron chi connectivity index (χ4n) is 2.76. The van der Waals surface area contributed by atoms with Gasteiger partial charge in [-0.15, -0.1) is 0 Å². The van der Waals surface area contributed by atoms with Crippen LogP contribution in [0.1, 0.15) is 52.9 Å². The van der Waals surface area contributed by atoms with Crippen molar-refractivity contribution in [3.8, 4) is 0 Å². The lowest BCUT2D eigenvalue weighted by molar-refractivity contribution is -0.162. The highest BCUT2D eigenvalue weighted by Crippen LogP contribution is 2.26. The summed E-state index contributed by atoms with van der Waals surface area (Å²) in [4.78, 5) is 13.9. The molecule has 0 spiro atoms. The van der Waals surface area contributed by atoms with Gasteiger partial charge in [-0.2, -0.15) is 0 Å². The van der Waals surface area contributed by atoms with Crippen molar-refractivity contribution >= 4 is 5.97 Å². The molecule has 1 unspecified atom stereocenters. The molecule has 0 aromatic carbocycles. The van der Waals surface area contributed by atoms with Crippen molar-refractivity contribution in [2.24, 2.45) is 5.92 Å². The maximum absolute atomic E-state index is 11.6. The minimum Gasteiger partial charge on any atom is -0.467 e. The fourth-order valence-corrected chi connectivity index (χ4v) is 2.76. The second kappa shape index (κ2) is 7.25. The monoisotopic (exact) mass is 271 g/mol. The number of carbonyl (C=O) groups excluding carboxylic acids is 1. The van der Waals surface area contributed by atoms with Gasteiger partial charge in [0.25, 0.3) is 0 Å². The normalized spacial score (nSPS) is 19.9. The summed E-state index contributed by atoms with van der Waals surface area (Å²) in [6, 6.07) is 0.509. The fraction of sp³-hybridized carbons (Fsp3) is 0.933. The molecular formula is C15H29NO3. The molecule has 0 aromatic heterocycles. The molecule has 0 amide bonds. The van der Waals surface area contributed by atoms with Crippen LogP contribution in [0.15, 0.2) is 0 Å². The molecule has 0 aromatic rings. The Morgan fingerprint density at radius 2 is 2.00 bits per heavy atom. The van der Waals surface area contributed by atoms with Gasteiger partial charge in [0.2, 0.25) is 0 Å². The lowest BCUT2D eigenvalue weighted by Crippen LogP contribution is -2.50. The molecule has 0 bridgehead atoms. The smallest absolute Gasteiger partial charge is 0.338 e. The van der Waals surface area contributed by atoms with Gasteiger partial charge in [0.05, 0.1) is 7.11 Å². The van der Waals surface area contributed by atoms with Gasteiger partial charge in [0.1, 0.15) is 0 Å². The van der Waals surface area contributed by atoms with Crippen LogP contribution in [0, 0.1) is 5.92 Å². The second-order valence-electron chi connectivity index (χ2n) is 6.36. The zero-order valence-corrected chi connectivity index (χ0v) is 12.8. The molecule has 112 valence electrons. The number of rotatable bonds is 7. The van der Waals surface area contributed by atoms with Gasteiger partial charge in [0, 0.05) is 12.6 Å². The Morgan fingerprint density at radius 3 is 2.47 bits per heavy atom. The van der Waals surface area contributed by atoms with E-state index in [0.717, 1.165) is 13.0 Å². The Morgan fingerprint density at radius 1 is 1.42 bits per heavy atom. The summed E-state index contributed by atoms with van der Waals surface area (Å²) in [5.74, 6) is 0.0898. The zero-order valence-electron chi connectivity index (χ0n) is 12.8. The molecule has 0 heterocycles. The molecular weight excluding hydrogens is 242 g/mol. The minimum atomic E-state index is -1.41. The third-order valence-electron chi connectivity index (χ3n) is 3.97. The predicted octanol–water partition coefficient (Wildman–Crippen LogP) is 2.20. The topological polar surface area (TPSA) is 49.8 Å². The number of aliphatic hydroxyl groups is 1. The third kappa shape index (κ3) is 5.11. The lowest BCUT2D eigenvalue weighted by Gasteiger charge is -2.34. The second-order valence-corrected chi connectivity index (χ2v) is 6.36. The first-order valence-electron chi connectivity index (χ1n) is 7.41. The molecule has 19 heavy (non-hydrogen) atoms. The number of methoxy groups -OCH3 is 1. The molecule has 1 aliphatic carbocycles. The first-order valence-corrected chi connectivity index (χ1v) is 7.41. The Labute approximate surface area is 117 Å².